The van der Waals surface area contributed by atoms with Gasteiger partial charge in [-0.05, 0) is 30.5 Å². The molecular formula is C13H21BrO2Si. The molecule has 0 atom stereocenters. The van der Waals surface area contributed by atoms with Crippen LogP contribution in [0.5, 0.6) is 0 Å². The Bertz CT molecular complexity index is 312. The first-order chi connectivity index (χ1) is 8.26. The topological polar surface area (TPSA) is 18.5 Å². The fourth-order valence-electron chi connectivity index (χ4n) is 1.52. The summed E-state index contributed by atoms with van der Waals surface area (Å²) in [5, 5.41) is 0. The van der Waals surface area contributed by atoms with Crippen molar-refractivity contribution in [3.63, 3.8) is 0 Å². The number of halogens is 1. The molecule has 17 heavy (non-hydrogen) atoms. The molecule has 1 aromatic carbocycles. The van der Waals surface area contributed by atoms with Crippen molar-refractivity contribution < 1.29 is 8.85 Å². The Morgan fingerprint density at radius 1 is 1.12 bits per heavy atom. The monoisotopic (exact) mass is 316 g/mol. The Labute approximate surface area is 114 Å². The molecule has 0 fully saturated rings. The summed E-state index contributed by atoms with van der Waals surface area (Å²) in [6, 6.07) is 9.32. The zero-order valence-corrected chi connectivity index (χ0v) is 13.4. The predicted octanol–water partition coefficient (Wildman–Crippen LogP) is 3.60. The van der Waals surface area contributed by atoms with Gasteiger partial charge in [0.2, 0.25) is 0 Å². The highest BCUT2D eigenvalue weighted by Crippen LogP contribution is 2.13. The van der Waals surface area contributed by atoms with Crippen molar-refractivity contribution in [1.82, 2.24) is 0 Å². The van der Waals surface area contributed by atoms with Gasteiger partial charge in [-0.1, -0.05) is 41.9 Å². The highest BCUT2D eigenvalue weighted by molar-refractivity contribution is 9.10. The van der Waals surface area contributed by atoms with Crippen LogP contribution in [0.4, 0.5) is 0 Å². The summed E-state index contributed by atoms with van der Waals surface area (Å²) in [6.07, 6.45) is 2.11. The third kappa shape index (κ3) is 6.36. The summed E-state index contributed by atoms with van der Waals surface area (Å²) in [7, 11) is -1.54. The zero-order chi connectivity index (χ0) is 12.5. The van der Waals surface area contributed by atoms with Gasteiger partial charge in [0.15, 0.2) is 0 Å². The maximum absolute atomic E-state index is 5.84. The SMILES string of the molecule is CCCO[SiH](Cc1cccc(Br)c1)OCCC. The van der Waals surface area contributed by atoms with E-state index in [1.807, 2.05) is 6.07 Å². The van der Waals surface area contributed by atoms with Crippen LogP contribution in [0.25, 0.3) is 0 Å². The van der Waals surface area contributed by atoms with E-state index in [4.69, 9.17) is 8.85 Å². The smallest absolute Gasteiger partial charge is 0.325 e. The van der Waals surface area contributed by atoms with Crippen LogP contribution in [0.3, 0.4) is 0 Å². The molecule has 0 saturated carbocycles. The average Bonchev–Trinajstić information content (AvgIpc) is 2.32. The second-order valence-corrected chi connectivity index (χ2v) is 6.85. The quantitative estimate of drug-likeness (QED) is 0.682. The molecule has 0 amide bonds. The van der Waals surface area contributed by atoms with Crippen LogP contribution in [0.15, 0.2) is 28.7 Å². The van der Waals surface area contributed by atoms with Crippen molar-refractivity contribution in [3.05, 3.63) is 34.3 Å². The third-order valence-corrected chi connectivity index (χ3v) is 4.82. The summed E-state index contributed by atoms with van der Waals surface area (Å²) < 4.78 is 12.8. The van der Waals surface area contributed by atoms with E-state index in [1.54, 1.807) is 0 Å². The Morgan fingerprint density at radius 2 is 1.76 bits per heavy atom. The first kappa shape index (κ1) is 14.9. The molecule has 0 aliphatic heterocycles. The lowest BCUT2D eigenvalue weighted by molar-refractivity contribution is 0.196. The Kier molecular flexibility index (Phi) is 7.76. The van der Waals surface area contributed by atoms with Gasteiger partial charge >= 0.3 is 9.28 Å². The first-order valence-electron chi connectivity index (χ1n) is 6.24. The molecule has 1 aromatic rings. The van der Waals surface area contributed by atoms with Gasteiger partial charge in [-0.2, -0.15) is 0 Å². The van der Waals surface area contributed by atoms with Gasteiger partial charge in [0.25, 0.3) is 0 Å². The number of rotatable bonds is 8. The van der Waals surface area contributed by atoms with E-state index >= 15 is 0 Å². The summed E-state index contributed by atoms with van der Waals surface area (Å²) in [4.78, 5) is 0. The van der Waals surface area contributed by atoms with E-state index in [9.17, 15) is 0 Å². The maximum atomic E-state index is 5.84. The van der Waals surface area contributed by atoms with Crippen molar-refractivity contribution >= 4 is 25.2 Å². The minimum absolute atomic E-state index is 0.814. The Morgan fingerprint density at radius 3 is 2.29 bits per heavy atom. The predicted molar refractivity (Wildman–Crippen MR) is 77.5 cm³/mol. The molecular weight excluding hydrogens is 296 g/mol. The molecule has 0 spiro atoms. The summed E-state index contributed by atoms with van der Waals surface area (Å²) in [5.74, 6) is 0. The highest BCUT2D eigenvalue weighted by Gasteiger charge is 2.13. The van der Waals surface area contributed by atoms with Crippen LogP contribution >= 0.6 is 15.9 Å². The maximum Gasteiger partial charge on any atom is 0.325 e. The van der Waals surface area contributed by atoms with Crippen molar-refractivity contribution in [2.24, 2.45) is 0 Å². The molecule has 4 heteroatoms. The van der Waals surface area contributed by atoms with Crippen molar-refractivity contribution in [1.29, 1.82) is 0 Å². The van der Waals surface area contributed by atoms with E-state index in [0.29, 0.717) is 0 Å². The summed E-state index contributed by atoms with van der Waals surface area (Å²) >= 11 is 3.49. The fourth-order valence-corrected chi connectivity index (χ4v) is 3.94. The van der Waals surface area contributed by atoms with Gasteiger partial charge < -0.3 is 8.85 Å². The van der Waals surface area contributed by atoms with E-state index in [-0.39, 0.29) is 0 Å². The van der Waals surface area contributed by atoms with Gasteiger partial charge in [-0.3, -0.25) is 0 Å². The van der Waals surface area contributed by atoms with Crippen molar-refractivity contribution in [2.45, 2.75) is 32.7 Å². The lowest BCUT2D eigenvalue weighted by Crippen LogP contribution is -2.27. The molecule has 0 bridgehead atoms. The van der Waals surface area contributed by atoms with Crippen LogP contribution < -0.4 is 0 Å². The molecule has 2 nitrogen and oxygen atoms in total. The van der Waals surface area contributed by atoms with Crippen molar-refractivity contribution in [2.75, 3.05) is 13.2 Å². The van der Waals surface area contributed by atoms with Gasteiger partial charge in [0, 0.05) is 23.7 Å². The van der Waals surface area contributed by atoms with E-state index in [0.717, 1.165) is 36.6 Å². The second-order valence-electron chi connectivity index (χ2n) is 4.01. The Balaban J connectivity index is 2.51. The van der Waals surface area contributed by atoms with E-state index in [2.05, 4.69) is 48.0 Å². The van der Waals surface area contributed by atoms with E-state index < -0.39 is 9.28 Å². The van der Waals surface area contributed by atoms with Gasteiger partial charge in [-0.25, -0.2) is 0 Å². The van der Waals surface area contributed by atoms with E-state index in [1.165, 1.54) is 5.56 Å². The first-order valence-corrected chi connectivity index (χ1v) is 8.79. The van der Waals surface area contributed by atoms with Gasteiger partial charge in [0.1, 0.15) is 0 Å². The molecule has 0 aliphatic rings. The number of hydrogen-bond acceptors (Lipinski definition) is 2. The summed E-state index contributed by atoms with van der Waals surface area (Å²) in [6.45, 7) is 5.89. The van der Waals surface area contributed by atoms with Crippen LogP contribution in [-0.2, 0) is 14.9 Å². The van der Waals surface area contributed by atoms with Crippen LogP contribution in [-0.4, -0.2) is 22.5 Å². The van der Waals surface area contributed by atoms with Crippen LogP contribution in [0.1, 0.15) is 32.3 Å². The molecule has 1 rings (SSSR count). The molecule has 0 radical (unpaired) electrons. The largest absolute Gasteiger partial charge is 0.396 e. The van der Waals surface area contributed by atoms with Gasteiger partial charge in [-0.15, -0.1) is 0 Å². The lowest BCUT2D eigenvalue weighted by atomic mass is 10.2. The van der Waals surface area contributed by atoms with Crippen LogP contribution in [0.2, 0.25) is 0 Å². The molecule has 0 unspecified atom stereocenters. The normalized spacial score (nSPS) is 11.1. The van der Waals surface area contributed by atoms with Gasteiger partial charge in [0.05, 0.1) is 0 Å². The number of benzene rings is 1. The minimum Gasteiger partial charge on any atom is -0.396 e. The second kappa shape index (κ2) is 8.86. The lowest BCUT2D eigenvalue weighted by Gasteiger charge is -2.16. The molecule has 0 aromatic heterocycles. The molecule has 0 aliphatic carbocycles. The molecule has 0 heterocycles. The average molecular weight is 317 g/mol. The standard InChI is InChI=1S/C13H21BrO2Si/c1-3-8-15-17(16-9-4-2)11-12-6-5-7-13(14)10-12/h5-7,10,17H,3-4,8-9,11H2,1-2H3. The van der Waals surface area contributed by atoms with Crippen LogP contribution in [0, 0.1) is 0 Å². The highest BCUT2D eigenvalue weighted by atomic mass is 79.9. The summed E-state index contributed by atoms with van der Waals surface area (Å²) in [5.41, 5.74) is 1.29. The molecule has 0 saturated heterocycles. The fraction of sp³-hybridized carbons (Fsp3) is 0.538. The number of hydrogen-bond donors (Lipinski definition) is 0. The minimum atomic E-state index is -1.54. The molecule has 0 N–H and O–H groups in total. The third-order valence-electron chi connectivity index (χ3n) is 2.31. The zero-order valence-electron chi connectivity index (χ0n) is 10.6. The molecule has 96 valence electrons. The Hall–Kier alpha value is -0.163. The van der Waals surface area contributed by atoms with Crippen molar-refractivity contribution in [3.8, 4) is 0 Å².